The van der Waals surface area contributed by atoms with Crippen LogP contribution in [0.4, 0.5) is 0 Å². The average Bonchev–Trinajstić information content (AvgIpc) is 3.00. The molecule has 0 aliphatic carbocycles. The summed E-state index contributed by atoms with van der Waals surface area (Å²) in [5.41, 5.74) is 3.13. The van der Waals surface area contributed by atoms with Crippen molar-refractivity contribution in [3.8, 4) is 0 Å². The predicted molar refractivity (Wildman–Crippen MR) is 84.0 cm³/mol. The average molecular weight is 315 g/mol. The summed E-state index contributed by atoms with van der Waals surface area (Å²) in [6.07, 6.45) is 4.69. The molecule has 0 atom stereocenters. The number of carbonyl (C=O) groups excluding carboxylic acids is 2. The van der Waals surface area contributed by atoms with Crippen molar-refractivity contribution in [1.82, 2.24) is 14.9 Å². The maximum Gasteiger partial charge on any atom is 0.265 e. The summed E-state index contributed by atoms with van der Waals surface area (Å²) in [7, 11) is 0. The Hall–Kier alpha value is -2.08. The van der Waals surface area contributed by atoms with Crippen molar-refractivity contribution in [3.63, 3.8) is 0 Å². The van der Waals surface area contributed by atoms with E-state index in [0.29, 0.717) is 36.4 Å². The Bertz CT molecular complexity index is 676. The maximum absolute atomic E-state index is 12.4. The van der Waals surface area contributed by atoms with Crippen molar-refractivity contribution in [1.29, 1.82) is 0 Å². The van der Waals surface area contributed by atoms with E-state index in [1.807, 2.05) is 11.8 Å². The molecule has 6 heteroatoms. The van der Waals surface area contributed by atoms with Crippen LogP contribution in [0.2, 0.25) is 0 Å². The van der Waals surface area contributed by atoms with E-state index in [1.165, 1.54) is 11.3 Å². The van der Waals surface area contributed by atoms with Gasteiger partial charge in [-0.1, -0.05) is 0 Å². The minimum Gasteiger partial charge on any atom is -0.338 e. The number of aromatic nitrogens is 2. The quantitative estimate of drug-likeness (QED) is 0.817. The minimum atomic E-state index is -0.0178. The van der Waals surface area contributed by atoms with E-state index in [1.54, 1.807) is 30.0 Å². The molecule has 114 valence electrons. The summed E-state index contributed by atoms with van der Waals surface area (Å²) >= 11 is 1.38. The van der Waals surface area contributed by atoms with Crippen LogP contribution in [0.15, 0.2) is 30.0 Å². The summed E-state index contributed by atoms with van der Waals surface area (Å²) in [4.78, 5) is 35.5. The van der Waals surface area contributed by atoms with Crippen molar-refractivity contribution in [2.24, 2.45) is 5.92 Å². The first-order valence-electron chi connectivity index (χ1n) is 7.30. The van der Waals surface area contributed by atoms with Crippen molar-refractivity contribution in [2.45, 2.75) is 19.8 Å². The molecule has 0 aromatic carbocycles. The summed E-state index contributed by atoms with van der Waals surface area (Å²) in [6, 6.07) is 3.58. The zero-order valence-electron chi connectivity index (χ0n) is 12.4. The third kappa shape index (κ3) is 2.92. The van der Waals surface area contributed by atoms with Gasteiger partial charge in [-0.25, -0.2) is 4.98 Å². The third-order valence-corrected chi connectivity index (χ3v) is 4.96. The fourth-order valence-corrected chi connectivity index (χ4v) is 3.51. The van der Waals surface area contributed by atoms with Crippen LogP contribution in [0.1, 0.15) is 38.6 Å². The van der Waals surface area contributed by atoms with Crippen LogP contribution in [-0.4, -0.2) is 39.6 Å². The largest absolute Gasteiger partial charge is 0.338 e. The van der Waals surface area contributed by atoms with Gasteiger partial charge in [0, 0.05) is 37.0 Å². The SMILES string of the molecule is Cc1ncsc1C(=O)N1CCC(C(=O)c2cccnc2)CC1. The summed E-state index contributed by atoms with van der Waals surface area (Å²) in [5.74, 6) is 0.150. The first-order chi connectivity index (χ1) is 10.7. The lowest BCUT2D eigenvalue weighted by molar-refractivity contribution is 0.0653. The van der Waals surface area contributed by atoms with Crippen molar-refractivity contribution in [2.75, 3.05) is 13.1 Å². The van der Waals surface area contributed by atoms with Crippen LogP contribution >= 0.6 is 11.3 Å². The number of pyridine rings is 1. The molecule has 3 heterocycles. The topological polar surface area (TPSA) is 63.2 Å². The monoisotopic (exact) mass is 315 g/mol. The van der Waals surface area contributed by atoms with E-state index < -0.39 is 0 Å². The molecule has 1 amide bonds. The number of Topliss-reactive ketones (excluding diaryl/α,β-unsaturated/α-hetero) is 1. The van der Waals surface area contributed by atoms with Crippen LogP contribution in [0, 0.1) is 12.8 Å². The number of aryl methyl sites for hydroxylation is 1. The maximum atomic E-state index is 12.4. The second-order valence-electron chi connectivity index (χ2n) is 5.44. The Labute approximate surface area is 133 Å². The molecule has 1 saturated heterocycles. The number of rotatable bonds is 3. The lowest BCUT2D eigenvalue weighted by atomic mass is 9.89. The molecule has 1 aliphatic heterocycles. The number of amides is 1. The Morgan fingerprint density at radius 2 is 2.09 bits per heavy atom. The van der Waals surface area contributed by atoms with Gasteiger partial charge in [-0.15, -0.1) is 11.3 Å². The number of hydrogen-bond donors (Lipinski definition) is 0. The van der Waals surface area contributed by atoms with Gasteiger partial charge in [0.15, 0.2) is 5.78 Å². The first kappa shape index (κ1) is 14.8. The molecule has 1 aliphatic rings. The van der Waals surface area contributed by atoms with Gasteiger partial charge in [0.25, 0.3) is 5.91 Å². The summed E-state index contributed by atoms with van der Waals surface area (Å²) in [6.45, 7) is 3.09. The van der Waals surface area contributed by atoms with E-state index >= 15 is 0 Å². The molecule has 0 N–H and O–H groups in total. The molecule has 2 aromatic rings. The van der Waals surface area contributed by atoms with Crippen LogP contribution < -0.4 is 0 Å². The van der Waals surface area contributed by atoms with E-state index in [9.17, 15) is 9.59 Å². The van der Waals surface area contributed by atoms with Gasteiger partial charge in [-0.05, 0) is 31.9 Å². The third-order valence-electron chi connectivity index (χ3n) is 4.04. The number of hydrogen-bond acceptors (Lipinski definition) is 5. The number of carbonyl (C=O) groups is 2. The van der Waals surface area contributed by atoms with Crippen LogP contribution in [0.25, 0.3) is 0 Å². The van der Waals surface area contributed by atoms with Crippen molar-refractivity contribution >= 4 is 23.0 Å². The van der Waals surface area contributed by atoms with Gasteiger partial charge in [0.2, 0.25) is 0 Å². The molecule has 5 nitrogen and oxygen atoms in total. The number of ketones is 1. The smallest absolute Gasteiger partial charge is 0.265 e. The first-order valence-corrected chi connectivity index (χ1v) is 8.18. The Balaban J connectivity index is 1.62. The highest BCUT2D eigenvalue weighted by Crippen LogP contribution is 2.24. The zero-order valence-corrected chi connectivity index (χ0v) is 13.2. The molecular formula is C16H17N3O2S. The zero-order chi connectivity index (χ0) is 15.5. The standard InChI is InChI=1S/C16H17N3O2S/c1-11-15(22-10-18-11)16(21)19-7-4-12(5-8-19)14(20)13-3-2-6-17-9-13/h2-3,6,9-10,12H,4-5,7-8H2,1H3. The Kier molecular flexibility index (Phi) is 4.29. The fraction of sp³-hybridized carbons (Fsp3) is 0.375. The van der Waals surface area contributed by atoms with Crippen molar-refractivity contribution < 1.29 is 9.59 Å². The van der Waals surface area contributed by atoms with Crippen LogP contribution in [0.3, 0.4) is 0 Å². The fourth-order valence-electron chi connectivity index (χ4n) is 2.74. The second-order valence-corrected chi connectivity index (χ2v) is 6.29. The molecular weight excluding hydrogens is 298 g/mol. The summed E-state index contributed by atoms with van der Waals surface area (Å²) in [5, 5.41) is 0. The van der Waals surface area contributed by atoms with Gasteiger partial charge < -0.3 is 4.90 Å². The van der Waals surface area contributed by atoms with E-state index in [0.717, 1.165) is 5.69 Å². The predicted octanol–water partition coefficient (Wildman–Crippen LogP) is 2.58. The van der Waals surface area contributed by atoms with E-state index in [4.69, 9.17) is 0 Å². The van der Waals surface area contributed by atoms with E-state index in [-0.39, 0.29) is 17.6 Å². The number of thiazole rings is 1. The molecule has 3 rings (SSSR count). The highest BCUT2D eigenvalue weighted by Gasteiger charge is 2.29. The molecule has 0 bridgehead atoms. The summed E-state index contributed by atoms with van der Waals surface area (Å²) < 4.78 is 0. The van der Waals surface area contributed by atoms with Gasteiger partial charge in [-0.2, -0.15) is 0 Å². The van der Waals surface area contributed by atoms with E-state index in [2.05, 4.69) is 9.97 Å². The Morgan fingerprint density at radius 3 is 2.68 bits per heavy atom. The number of piperidine rings is 1. The molecule has 0 radical (unpaired) electrons. The Morgan fingerprint density at radius 1 is 1.32 bits per heavy atom. The molecule has 0 spiro atoms. The van der Waals surface area contributed by atoms with Gasteiger partial charge in [0.05, 0.1) is 11.2 Å². The number of likely N-dealkylation sites (tertiary alicyclic amines) is 1. The highest BCUT2D eigenvalue weighted by molar-refractivity contribution is 7.11. The molecule has 1 fully saturated rings. The number of nitrogens with zero attached hydrogens (tertiary/aromatic N) is 3. The van der Waals surface area contributed by atoms with Crippen LogP contribution in [0.5, 0.6) is 0 Å². The van der Waals surface area contributed by atoms with Crippen molar-refractivity contribution in [3.05, 3.63) is 46.2 Å². The molecule has 2 aromatic heterocycles. The van der Waals surface area contributed by atoms with Gasteiger partial charge in [-0.3, -0.25) is 14.6 Å². The lowest BCUT2D eigenvalue weighted by Crippen LogP contribution is -2.40. The molecule has 22 heavy (non-hydrogen) atoms. The highest BCUT2D eigenvalue weighted by atomic mass is 32.1. The second kappa shape index (κ2) is 6.36. The minimum absolute atomic E-state index is 0.0178. The lowest BCUT2D eigenvalue weighted by Gasteiger charge is -2.31. The normalized spacial score (nSPS) is 15.8. The van der Waals surface area contributed by atoms with Gasteiger partial charge in [0.1, 0.15) is 4.88 Å². The van der Waals surface area contributed by atoms with Crippen LogP contribution in [-0.2, 0) is 0 Å². The molecule has 0 unspecified atom stereocenters. The molecule has 0 saturated carbocycles. The van der Waals surface area contributed by atoms with Gasteiger partial charge >= 0.3 is 0 Å².